The lowest BCUT2D eigenvalue weighted by molar-refractivity contribution is 0.0758. The minimum absolute atomic E-state index is 0.0645. The highest BCUT2D eigenvalue weighted by molar-refractivity contribution is 7.98. The molecule has 1 aliphatic rings. The molecule has 1 aliphatic heterocycles. The second kappa shape index (κ2) is 8.95. The van der Waals surface area contributed by atoms with E-state index >= 15 is 0 Å². The first kappa shape index (κ1) is 20.0. The van der Waals surface area contributed by atoms with Crippen LogP contribution in [0.4, 0.5) is 0 Å². The number of nitrogens with zero attached hydrogens (tertiary/aromatic N) is 1. The van der Waals surface area contributed by atoms with Crippen LogP contribution >= 0.6 is 11.8 Å². The molecular weight excluding hydrogens is 384 g/mol. The van der Waals surface area contributed by atoms with Crippen molar-refractivity contribution in [2.45, 2.75) is 42.0 Å². The highest BCUT2D eigenvalue weighted by atomic mass is 32.2. The molecule has 1 aromatic carbocycles. The van der Waals surface area contributed by atoms with Crippen LogP contribution in [0.3, 0.4) is 0 Å². The molecular formula is C19H24N2O4S2. The third kappa shape index (κ3) is 4.94. The number of carbonyl (C=O) groups excluding carboxylic acids is 1. The van der Waals surface area contributed by atoms with Crippen molar-refractivity contribution in [3.63, 3.8) is 0 Å². The van der Waals surface area contributed by atoms with Crippen molar-refractivity contribution in [2.24, 2.45) is 0 Å². The van der Waals surface area contributed by atoms with Crippen LogP contribution < -0.4 is 4.72 Å². The van der Waals surface area contributed by atoms with Gasteiger partial charge in [-0.15, -0.1) is 11.8 Å². The van der Waals surface area contributed by atoms with Crippen LogP contribution in [-0.4, -0.2) is 38.6 Å². The first-order valence-corrected chi connectivity index (χ1v) is 11.7. The van der Waals surface area contributed by atoms with Crippen molar-refractivity contribution in [3.05, 3.63) is 47.9 Å². The Balaban J connectivity index is 1.84. The minimum Gasteiger partial charge on any atom is -0.468 e. The molecule has 1 aromatic heterocycles. The average Bonchev–Trinajstić information content (AvgIpc) is 3.06. The van der Waals surface area contributed by atoms with Gasteiger partial charge in [0.2, 0.25) is 10.0 Å². The summed E-state index contributed by atoms with van der Waals surface area (Å²) in [5, 5.41) is 0. The molecule has 3 rings (SSSR count). The molecule has 0 spiro atoms. The van der Waals surface area contributed by atoms with Crippen LogP contribution in [0.1, 0.15) is 41.8 Å². The number of amides is 1. The van der Waals surface area contributed by atoms with E-state index in [1.165, 1.54) is 30.2 Å². The quantitative estimate of drug-likeness (QED) is 0.740. The van der Waals surface area contributed by atoms with Gasteiger partial charge in [0.1, 0.15) is 5.76 Å². The monoisotopic (exact) mass is 408 g/mol. The maximum Gasteiger partial charge on any atom is 0.255 e. The molecule has 0 unspecified atom stereocenters. The summed E-state index contributed by atoms with van der Waals surface area (Å²) in [6.45, 7) is 1.51. The number of nitrogens with one attached hydrogen (secondary N) is 1. The zero-order chi connectivity index (χ0) is 19.3. The molecule has 0 aliphatic carbocycles. The molecule has 1 fully saturated rings. The molecule has 1 saturated heterocycles. The maximum absolute atomic E-state index is 13.0. The predicted molar refractivity (Wildman–Crippen MR) is 105 cm³/mol. The number of furan rings is 1. The number of hydrogen-bond donors (Lipinski definition) is 1. The average molecular weight is 409 g/mol. The molecule has 1 N–H and O–H groups in total. The van der Waals surface area contributed by atoms with Crippen molar-refractivity contribution < 1.29 is 17.6 Å². The Morgan fingerprint density at radius 3 is 2.56 bits per heavy atom. The van der Waals surface area contributed by atoms with E-state index in [-0.39, 0.29) is 17.3 Å². The molecule has 146 valence electrons. The molecule has 1 amide bonds. The van der Waals surface area contributed by atoms with Gasteiger partial charge in [-0.2, -0.15) is 0 Å². The summed E-state index contributed by atoms with van der Waals surface area (Å²) in [5.41, 5.74) is 0.449. The van der Waals surface area contributed by atoms with Gasteiger partial charge in [0.05, 0.1) is 23.3 Å². The molecule has 27 heavy (non-hydrogen) atoms. The summed E-state index contributed by atoms with van der Waals surface area (Å²) in [6.07, 6.45) is 7.62. The number of sulfonamides is 1. The fourth-order valence-corrected chi connectivity index (χ4v) is 4.72. The van der Waals surface area contributed by atoms with Crippen molar-refractivity contribution in [1.29, 1.82) is 0 Å². The van der Waals surface area contributed by atoms with Crippen molar-refractivity contribution >= 4 is 27.7 Å². The number of likely N-dealkylation sites (tertiary alicyclic amines) is 1. The Labute approximate surface area is 164 Å². The Bertz CT molecular complexity index is 871. The molecule has 2 heterocycles. The Kier molecular flexibility index (Phi) is 6.62. The summed E-state index contributed by atoms with van der Waals surface area (Å²) in [7, 11) is -3.75. The van der Waals surface area contributed by atoms with Gasteiger partial charge in [-0.1, -0.05) is 12.8 Å². The first-order chi connectivity index (χ1) is 13.0. The van der Waals surface area contributed by atoms with Crippen molar-refractivity contribution in [2.75, 3.05) is 19.3 Å². The first-order valence-electron chi connectivity index (χ1n) is 9.00. The fourth-order valence-electron chi connectivity index (χ4n) is 3.13. The zero-order valence-electron chi connectivity index (χ0n) is 15.3. The van der Waals surface area contributed by atoms with E-state index in [9.17, 15) is 13.2 Å². The third-order valence-corrected chi connectivity index (χ3v) is 6.82. The van der Waals surface area contributed by atoms with E-state index in [1.54, 1.807) is 18.2 Å². The fraction of sp³-hybridized carbons (Fsp3) is 0.421. The normalized spacial score (nSPS) is 15.5. The van der Waals surface area contributed by atoms with E-state index in [2.05, 4.69) is 4.72 Å². The second-order valence-corrected chi connectivity index (χ2v) is 9.09. The van der Waals surface area contributed by atoms with E-state index in [0.717, 1.165) is 43.7 Å². The topological polar surface area (TPSA) is 79.6 Å². The minimum atomic E-state index is -3.75. The molecule has 0 saturated carbocycles. The molecule has 2 aromatic rings. The number of thioether (sulfide) groups is 1. The van der Waals surface area contributed by atoms with Crippen molar-refractivity contribution in [1.82, 2.24) is 9.62 Å². The molecule has 0 bridgehead atoms. The van der Waals surface area contributed by atoms with Crippen LogP contribution in [0.2, 0.25) is 0 Å². The second-order valence-electron chi connectivity index (χ2n) is 6.47. The van der Waals surface area contributed by atoms with E-state index in [0.29, 0.717) is 11.3 Å². The summed E-state index contributed by atoms with van der Waals surface area (Å²) < 4.78 is 33.0. The lowest BCUT2D eigenvalue weighted by atomic mass is 10.2. The molecule has 6 nitrogen and oxygen atoms in total. The Morgan fingerprint density at radius 1 is 1.19 bits per heavy atom. The van der Waals surface area contributed by atoms with Crippen LogP contribution in [0, 0.1) is 0 Å². The maximum atomic E-state index is 13.0. The summed E-state index contributed by atoms with van der Waals surface area (Å²) in [4.78, 5) is 15.8. The van der Waals surface area contributed by atoms with Crippen LogP contribution in [0.25, 0.3) is 0 Å². The summed E-state index contributed by atoms with van der Waals surface area (Å²) in [6, 6.07) is 8.14. The number of rotatable bonds is 6. The number of carbonyl (C=O) groups is 1. The van der Waals surface area contributed by atoms with Gasteiger partial charge in [-0.05, 0) is 49.4 Å². The lowest BCUT2D eigenvalue weighted by Gasteiger charge is -2.22. The van der Waals surface area contributed by atoms with Crippen LogP contribution in [0.15, 0.2) is 50.8 Å². The zero-order valence-corrected chi connectivity index (χ0v) is 16.9. The van der Waals surface area contributed by atoms with Crippen LogP contribution in [0.5, 0.6) is 0 Å². The molecule has 8 heteroatoms. The van der Waals surface area contributed by atoms with Gasteiger partial charge in [0.25, 0.3) is 5.91 Å². The smallest absolute Gasteiger partial charge is 0.255 e. The SMILES string of the molecule is CSc1ccc(S(=O)(=O)NCc2ccco2)cc1C(=O)N1CCCCCC1. The lowest BCUT2D eigenvalue weighted by Crippen LogP contribution is -2.32. The van der Waals surface area contributed by atoms with E-state index < -0.39 is 10.0 Å². The molecule has 0 radical (unpaired) electrons. The van der Waals surface area contributed by atoms with Gasteiger partial charge in [0, 0.05) is 18.0 Å². The van der Waals surface area contributed by atoms with E-state index in [4.69, 9.17) is 4.42 Å². The Morgan fingerprint density at radius 2 is 1.93 bits per heavy atom. The van der Waals surface area contributed by atoms with Gasteiger partial charge in [-0.3, -0.25) is 4.79 Å². The third-order valence-electron chi connectivity index (χ3n) is 4.62. The van der Waals surface area contributed by atoms with Gasteiger partial charge in [-0.25, -0.2) is 13.1 Å². The van der Waals surface area contributed by atoms with Crippen molar-refractivity contribution in [3.8, 4) is 0 Å². The van der Waals surface area contributed by atoms with Crippen LogP contribution in [-0.2, 0) is 16.6 Å². The van der Waals surface area contributed by atoms with E-state index in [1.807, 2.05) is 11.2 Å². The van der Waals surface area contributed by atoms with Gasteiger partial charge in [0.15, 0.2) is 0 Å². The predicted octanol–water partition coefficient (Wildman–Crippen LogP) is 3.50. The number of hydrogen-bond acceptors (Lipinski definition) is 5. The van der Waals surface area contributed by atoms with Gasteiger partial charge >= 0.3 is 0 Å². The standard InChI is InChI=1S/C19H24N2O4S2/c1-26-18-9-8-16(27(23,24)20-14-15-7-6-12-25-15)13-17(18)19(22)21-10-4-2-3-5-11-21/h6-9,12-13,20H,2-5,10-11,14H2,1H3. The molecule has 0 atom stereocenters. The summed E-state index contributed by atoms with van der Waals surface area (Å²) in [5.74, 6) is 0.435. The summed E-state index contributed by atoms with van der Waals surface area (Å²) >= 11 is 1.45. The largest absolute Gasteiger partial charge is 0.468 e. The highest BCUT2D eigenvalue weighted by Gasteiger charge is 2.23. The Hall–Kier alpha value is -1.77. The number of benzene rings is 1. The highest BCUT2D eigenvalue weighted by Crippen LogP contribution is 2.26. The van der Waals surface area contributed by atoms with Gasteiger partial charge < -0.3 is 9.32 Å².